The third-order valence-electron chi connectivity index (χ3n) is 6.02. The van der Waals surface area contributed by atoms with E-state index >= 15 is 0 Å². The molecule has 0 unspecified atom stereocenters. The molecule has 0 aliphatic heterocycles. The Kier molecular flexibility index (Phi) is 26.0. The van der Waals surface area contributed by atoms with Gasteiger partial charge >= 0.3 is 0 Å². The molecular formula is C26H57Cl2N3O. The number of amides is 1. The molecule has 0 saturated heterocycles. The Morgan fingerprint density at radius 3 is 1.41 bits per heavy atom. The largest absolute Gasteiger partial charge is 1.00 e. The molecular weight excluding hydrogens is 441 g/mol. The fourth-order valence-electron chi connectivity index (χ4n) is 4.04. The summed E-state index contributed by atoms with van der Waals surface area (Å²) in [5.74, 6) is 0.201. The first-order valence-corrected chi connectivity index (χ1v) is 13.1. The summed E-state index contributed by atoms with van der Waals surface area (Å²) in [7, 11) is 11.0. The predicted octanol–water partition coefficient (Wildman–Crippen LogP) is -0.235. The van der Waals surface area contributed by atoms with Gasteiger partial charge in [0, 0.05) is 13.0 Å². The van der Waals surface area contributed by atoms with Crippen LogP contribution >= 0.6 is 0 Å². The molecule has 1 amide bonds. The van der Waals surface area contributed by atoms with Crippen molar-refractivity contribution < 1.29 is 38.6 Å². The molecule has 32 heavy (non-hydrogen) atoms. The lowest BCUT2D eigenvalue weighted by atomic mass is 10.0. The summed E-state index contributed by atoms with van der Waals surface area (Å²) >= 11 is 0. The third-order valence-corrected chi connectivity index (χ3v) is 6.02. The van der Waals surface area contributed by atoms with E-state index in [0.29, 0.717) is 6.54 Å². The van der Waals surface area contributed by atoms with E-state index < -0.39 is 0 Å². The molecule has 1 N–H and O–H groups in total. The van der Waals surface area contributed by atoms with Gasteiger partial charge in [-0.2, -0.15) is 0 Å². The van der Waals surface area contributed by atoms with Gasteiger partial charge in [-0.3, -0.25) is 4.79 Å². The van der Waals surface area contributed by atoms with Crippen molar-refractivity contribution in [1.82, 2.24) is 5.32 Å². The van der Waals surface area contributed by atoms with Crippen molar-refractivity contribution in [1.29, 1.82) is 0 Å². The van der Waals surface area contributed by atoms with Crippen LogP contribution in [0.4, 0.5) is 0 Å². The molecule has 0 fully saturated rings. The van der Waals surface area contributed by atoms with Crippen molar-refractivity contribution in [3.63, 3.8) is 0 Å². The van der Waals surface area contributed by atoms with Crippen LogP contribution in [-0.2, 0) is 4.79 Å². The Morgan fingerprint density at radius 2 is 1.00 bits per heavy atom. The molecule has 6 heteroatoms. The summed E-state index contributed by atoms with van der Waals surface area (Å²) in [6, 6.07) is 0. The summed E-state index contributed by atoms with van der Waals surface area (Å²) in [5.41, 5.74) is 0. The maximum atomic E-state index is 12.2. The van der Waals surface area contributed by atoms with Gasteiger partial charge in [-0.15, -0.1) is 0 Å². The predicted molar refractivity (Wildman–Crippen MR) is 133 cm³/mol. The Bertz CT molecular complexity index is 412. The first-order chi connectivity index (χ1) is 14.2. The van der Waals surface area contributed by atoms with Gasteiger partial charge in [0.2, 0.25) is 0 Å². The average molecular weight is 499 g/mol. The second-order valence-corrected chi connectivity index (χ2v) is 11.1. The molecule has 0 heterocycles. The number of carbonyl (C=O) groups excluding carboxylic acids is 1. The second-order valence-electron chi connectivity index (χ2n) is 11.1. The van der Waals surface area contributed by atoms with Crippen molar-refractivity contribution in [2.75, 3.05) is 61.4 Å². The van der Waals surface area contributed by atoms with Crippen LogP contribution in [0.25, 0.3) is 0 Å². The Morgan fingerprint density at radius 1 is 0.594 bits per heavy atom. The number of quaternary nitrogens is 2. The second kappa shape index (κ2) is 22.7. The summed E-state index contributed by atoms with van der Waals surface area (Å²) in [5, 5.41) is 3.10. The van der Waals surface area contributed by atoms with E-state index in [1.165, 1.54) is 89.9 Å². The minimum atomic E-state index is 0. The summed E-state index contributed by atoms with van der Waals surface area (Å²) < 4.78 is 1.76. The zero-order valence-electron chi connectivity index (χ0n) is 22.5. The molecule has 0 aliphatic carbocycles. The average Bonchev–Trinajstić information content (AvgIpc) is 2.64. The molecule has 0 bridgehead atoms. The fourth-order valence-corrected chi connectivity index (χ4v) is 4.04. The number of hydrogen-bond donors (Lipinski definition) is 1. The van der Waals surface area contributed by atoms with Crippen LogP contribution in [0.5, 0.6) is 0 Å². The van der Waals surface area contributed by atoms with Gasteiger partial charge in [0.15, 0.2) is 6.54 Å². The smallest absolute Gasteiger partial charge is 0.275 e. The molecule has 0 aromatic rings. The van der Waals surface area contributed by atoms with Crippen LogP contribution < -0.4 is 30.1 Å². The molecule has 0 atom stereocenters. The molecule has 0 radical (unpaired) electrons. The molecule has 0 rings (SSSR count). The standard InChI is InChI=1S/C26H56N3O.2ClH/c1-7-8-9-10-11-12-13-14-15-16-17-18-19-20-24-29(5,6)25-26(30)27-22-21-23-28(2,3)4;;/h7-25H2,1-6H3;2*1H/q+1;;/p-1. The summed E-state index contributed by atoms with van der Waals surface area (Å²) in [6.07, 6.45) is 20.6. The van der Waals surface area contributed by atoms with Crippen LogP contribution in [0.3, 0.4) is 0 Å². The number of rotatable bonds is 21. The number of halogens is 2. The highest BCUT2D eigenvalue weighted by molar-refractivity contribution is 5.76. The molecule has 0 saturated carbocycles. The van der Waals surface area contributed by atoms with Gasteiger partial charge < -0.3 is 39.1 Å². The lowest BCUT2D eigenvalue weighted by Crippen LogP contribution is -3.00. The van der Waals surface area contributed by atoms with Crippen molar-refractivity contribution in [2.45, 2.75) is 103 Å². The third kappa shape index (κ3) is 28.0. The van der Waals surface area contributed by atoms with Crippen LogP contribution in [0.1, 0.15) is 103 Å². The van der Waals surface area contributed by atoms with E-state index in [2.05, 4.69) is 47.5 Å². The molecule has 0 aromatic carbocycles. The van der Waals surface area contributed by atoms with Crippen LogP contribution in [-0.4, -0.2) is 76.3 Å². The number of likely N-dealkylation sites (N-methyl/N-ethyl adjacent to an activating group) is 1. The molecule has 196 valence electrons. The fraction of sp³-hybridized carbons (Fsp3) is 0.962. The summed E-state index contributed by atoms with van der Waals surface area (Å²) in [6.45, 7) is 5.88. The van der Waals surface area contributed by atoms with Crippen molar-refractivity contribution in [3.8, 4) is 0 Å². The highest BCUT2D eigenvalue weighted by Crippen LogP contribution is 2.13. The van der Waals surface area contributed by atoms with Crippen molar-refractivity contribution >= 4 is 5.91 Å². The lowest BCUT2D eigenvalue weighted by Gasteiger charge is -2.29. The van der Waals surface area contributed by atoms with E-state index in [0.717, 1.165) is 35.0 Å². The lowest BCUT2D eigenvalue weighted by molar-refractivity contribution is -0.882. The maximum absolute atomic E-state index is 12.2. The number of nitrogens with zero attached hydrogens (tertiary/aromatic N) is 2. The highest BCUT2D eigenvalue weighted by Gasteiger charge is 2.19. The SMILES string of the molecule is CCCCCCCCCCCCCCCC[N+](C)(C)CC(=O)NCCC[N+](C)(C)C.[Cl-].[Cl-]. The minimum Gasteiger partial charge on any atom is -1.00 e. The van der Waals surface area contributed by atoms with Gasteiger partial charge in [0.05, 0.1) is 48.3 Å². The van der Waals surface area contributed by atoms with Crippen LogP contribution in [0, 0.1) is 0 Å². The number of unbranched alkanes of at least 4 members (excludes halogenated alkanes) is 13. The van der Waals surface area contributed by atoms with Gasteiger partial charge in [-0.05, 0) is 12.8 Å². The topological polar surface area (TPSA) is 29.1 Å². The minimum absolute atomic E-state index is 0. The van der Waals surface area contributed by atoms with Crippen molar-refractivity contribution in [3.05, 3.63) is 0 Å². The number of carbonyl (C=O) groups is 1. The maximum Gasteiger partial charge on any atom is 0.275 e. The van der Waals surface area contributed by atoms with E-state index in [1.807, 2.05) is 0 Å². The summed E-state index contributed by atoms with van der Waals surface area (Å²) in [4.78, 5) is 12.2. The molecule has 0 spiro atoms. The van der Waals surface area contributed by atoms with Crippen molar-refractivity contribution in [2.24, 2.45) is 0 Å². The van der Waals surface area contributed by atoms with E-state index in [1.54, 1.807) is 0 Å². The Labute approximate surface area is 214 Å². The van der Waals surface area contributed by atoms with E-state index in [4.69, 9.17) is 0 Å². The van der Waals surface area contributed by atoms with Gasteiger partial charge in [0.25, 0.3) is 5.91 Å². The normalized spacial score (nSPS) is 11.6. The zero-order chi connectivity index (χ0) is 22.7. The van der Waals surface area contributed by atoms with Gasteiger partial charge in [-0.1, -0.05) is 84.0 Å². The number of nitrogens with one attached hydrogen (secondary N) is 1. The number of hydrogen-bond acceptors (Lipinski definition) is 1. The Hall–Kier alpha value is -0.0300. The first kappa shape index (κ1) is 36.5. The first-order valence-electron chi connectivity index (χ1n) is 13.1. The molecule has 0 aliphatic rings. The van der Waals surface area contributed by atoms with Gasteiger partial charge in [0.1, 0.15) is 0 Å². The zero-order valence-corrected chi connectivity index (χ0v) is 24.0. The van der Waals surface area contributed by atoms with Crippen LogP contribution in [0.2, 0.25) is 0 Å². The van der Waals surface area contributed by atoms with Gasteiger partial charge in [-0.25, -0.2) is 0 Å². The quantitative estimate of drug-likeness (QED) is 0.172. The highest BCUT2D eigenvalue weighted by atomic mass is 35.5. The van der Waals surface area contributed by atoms with Crippen LogP contribution in [0.15, 0.2) is 0 Å². The molecule has 0 aromatic heterocycles. The molecule has 4 nitrogen and oxygen atoms in total. The van der Waals surface area contributed by atoms with E-state index in [9.17, 15) is 4.79 Å². The Balaban J connectivity index is -0.00000420. The monoisotopic (exact) mass is 497 g/mol. The van der Waals surface area contributed by atoms with E-state index in [-0.39, 0.29) is 30.7 Å².